The summed E-state index contributed by atoms with van der Waals surface area (Å²) in [5.41, 5.74) is 5.16. The minimum absolute atomic E-state index is 0.126. The zero-order valence-corrected chi connectivity index (χ0v) is 7.49. The molecule has 0 rings (SSSR count). The summed E-state index contributed by atoms with van der Waals surface area (Å²) in [6.45, 7) is 3.99. The Bertz CT molecular complexity index is 158. The second-order valence-electron chi connectivity index (χ2n) is 2.45. The number of urea groups is 1. The van der Waals surface area contributed by atoms with Gasteiger partial charge in [0, 0.05) is 6.04 Å². The highest BCUT2D eigenvalue weighted by Crippen LogP contribution is 1.75. The molecule has 0 heterocycles. The molecule has 2 amide bonds. The first-order valence-electron chi connectivity index (χ1n) is 3.35. The maximum absolute atomic E-state index is 10.8. The monoisotopic (exact) mass is 175 g/mol. The SMILES string of the molecule is CC(C)NC(=O)NCC(N)=S. The van der Waals surface area contributed by atoms with Crippen LogP contribution in [0.5, 0.6) is 0 Å². The molecule has 11 heavy (non-hydrogen) atoms. The number of carbonyl (C=O) groups excluding carboxylic acids is 1. The first kappa shape index (κ1) is 10.2. The van der Waals surface area contributed by atoms with Crippen molar-refractivity contribution in [3.8, 4) is 0 Å². The fourth-order valence-electron chi connectivity index (χ4n) is 0.481. The van der Waals surface area contributed by atoms with Gasteiger partial charge in [0.1, 0.15) is 0 Å². The van der Waals surface area contributed by atoms with Crippen molar-refractivity contribution in [2.75, 3.05) is 6.54 Å². The van der Waals surface area contributed by atoms with Crippen LogP contribution in [0.4, 0.5) is 4.79 Å². The van der Waals surface area contributed by atoms with Gasteiger partial charge in [0.05, 0.1) is 11.5 Å². The van der Waals surface area contributed by atoms with Crippen LogP contribution in [0.1, 0.15) is 13.8 Å². The van der Waals surface area contributed by atoms with Crippen LogP contribution in [0.3, 0.4) is 0 Å². The summed E-state index contributed by atoms with van der Waals surface area (Å²) in [6, 6.07) is -0.117. The van der Waals surface area contributed by atoms with Gasteiger partial charge in [-0.05, 0) is 13.8 Å². The van der Waals surface area contributed by atoms with Gasteiger partial charge in [-0.15, -0.1) is 0 Å². The van der Waals surface area contributed by atoms with E-state index in [1.807, 2.05) is 13.8 Å². The Morgan fingerprint density at radius 3 is 2.55 bits per heavy atom. The Kier molecular flexibility index (Phi) is 4.52. The van der Waals surface area contributed by atoms with Crippen LogP contribution in [-0.2, 0) is 0 Å². The zero-order valence-electron chi connectivity index (χ0n) is 6.68. The highest BCUT2D eigenvalue weighted by molar-refractivity contribution is 7.80. The lowest BCUT2D eigenvalue weighted by Gasteiger charge is -2.08. The molecule has 0 aliphatic carbocycles. The van der Waals surface area contributed by atoms with E-state index in [1.54, 1.807) is 0 Å². The number of nitrogens with two attached hydrogens (primary N) is 1. The van der Waals surface area contributed by atoms with Gasteiger partial charge < -0.3 is 16.4 Å². The summed E-state index contributed by atoms with van der Waals surface area (Å²) in [6.07, 6.45) is 0. The molecule has 0 atom stereocenters. The third-order valence-electron chi connectivity index (χ3n) is 0.843. The van der Waals surface area contributed by atoms with Crippen molar-refractivity contribution >= 4 is 23.2 Å². The van der Waals surface area contributed by atoms with Gasteiger partial charge in [-0.1, -0.05) is 12.2 Å². The predicted octanol–water partition coefficient (Wildman–Crippen LogP) is -0.0199. The minimum atomic E-state index is -0.243. The third kappa shape index (κ3) is 7.05. The second kappa shape index (κ2) is 4.90. The van der Waals surface area contributed by atoms with Crippen LogP contribution < -0.4 is 16.4 Å². The number of amides is 2. The standard InChI is InChI=1S/C6H13N3OS/c1-4(2)9-6(10)8-3-5(7)11/h4H,3H2,1-2H3,(H2,7,11)(H2,8,9,10). The van der Waals surface area contributed by atoms with E-state index >= 15 is 0 Å². The summed E-state index contributed by atoms with van der Waals surface area (Å²) < 4.78 is 0. The Labute approximate surface area is 71.5 Å². The van der Waals surface area contributed by atoms with Crippen molar-refractivity contribution in [3.63, 3.8) is 0 Å². The molecule has 0 aromatic rings. The molecular formula is C6H13N3OS. The molecule has 0 spiro atoms. The van der Waals surface area contributed by atoms with Crippen molar-refractivity contribution in [2.24, 2.45) is 5.73 Å². The highest BCUT2D eigenvalue weighted by atomic mass is 32.1. The molecule has 0 aliphatic rings. The van der Waals surface area contributed by atoms with Crippen molar-refractivity contribution < 1.29 is 4.79 Å². The summed E-state index contributed by atoms with van der Waals surface area (Å²) in [4.78, 5) is 11.1. The fraction of sp³-hybridized carbons (Fsp3) is 0.667. The van der Waals surface area contributed by atoms with E-state index in [2.05, 4.69) is 22.9 Å². The minimum Gasteiger partial charge on any atom is -0.392 e. The number of hydrogen-bond donors (Lipinski definition) is 3. The highest BCUT2D eigenvalue weighted by Gasteiger charge is 2.00. The normalized spacial score (nSPS) is 9.36. The number of carbonyl (C=O) groups is 1. The summed E-state index contributed by atoms with van der Waals surface area (Å²) in [5.74, 6) is 0. The average molecular weight is 175 g/mol. The summed E-state index contributed by atoms with van der Waals surface area (Å²) in [7, 11) is 0. The molecule has 0 aromatic heterocycles. The molecule has 0 radical (unpaired) electrons. The molecule has 0 aliphatic heterocycles. The second-order valence-corrected chi connectivity index (χ2v) is 2.97. The molecule has 4 nitrogen and oxygen atoms in total. The van der Waals surface area contributed by atoms with Gasteiger partial charge in [0.25, 0.3) is 0 Å². The molecule has 0 bridgehead atoms. The van der Waals surface area contributed by atoms with Gasteiger partial charge >= 0.3 is 6.03 Å². The number of rotatable bonds is 3. The number of thiocarbonyl (C=S) groups is 1. The van der Waals surface area contributed by atoms with Gasteiger partial charge in [0.2, 0.25) is 0 Å². The topological polar surface area (TPSA) is 67.2 Å². The maximum Gasteiger partial charge on any atom is 0.315 e. The van der Waals surface area contributed by atoms with Crippen LogP contribution in [0.15, 0.2) is 0 Å². The predicted molar refractivity (Wildman–Crippen MR) is 48.5 cm³/mol. The smallest absolute Gasteiger partial charge is 0.315 e. The Morgan fingerprint density at radius 2 is 2.18 bits per heavy atom. The first-order valence-corrected chi connectivity index (χ1v) is 3.76. The van der Waals surface area contributed by atoms with E-state index < -0.39 is 0 Å². The zero-order chi connectivity index (χ0) is 8.85. The summed E-state index contributed by atoms with van der Waals surface area (Å²) >= 11 is 4.56. The molecule has 5 heteroatoms. The number of hydrogen-bond acceptors (Lipinski definition) is 2. The first-order chi connectivity index (χ1) is 5.02. The lowest BCUT2D eigenvalue weighted by atomic mass is 10.4. The lowest BCUT2D eigenvalue weighted by molar-refractivity contribution is 0.240. The van der Waals surface area contributed by atoms with Gasteiger partial charge in [-0.3, -0.25) is 0 Å². The molecule has 0 unspecified atom stereocenters. The van der Waals surface area contributed by atoms with Crippen LogP contribution in [0, 0.1) is 0 Å². The maximum atomic E-state index is 10.8. The van der Waals surface area contributed by atoms with E-state index in [0.717, 1.165) is 0 Å². The molecule has 0 fully saturated rings. The third-order valence-corrected chi connectivity index (χ3v) is 0.987. The molecular weight excluding hydrogens is 162 g/mol. The van der Waals surface area contributed by atoms with E-state index in [0.29, 0.717) is 0 Å². The lowest BCUT2D eigenvalue weighted by Crippen LogP contribution is -2.42. The van der Waals surface area contributed by atoms with Crippen molar-refractivity contribution in [1.29, 1.82) is 0 Å². The fourth-order valence-corrected chi connectivity index (χ4v) is 0.553. The van der Waals surface area contributed by atoms with Crippen LogP contribution in [0.2, 0.25) is 0 Å². The molecule has 0 aromatic carbocycles. The Balaban J connectivity index is 3.45. The van der Waals surface area contributed by atoms with Crippen molar-refractivity contribution in [1.82, 2.24) is 10.6 Å². The van der Waals surface area contributed by atoms with Crippen molar-refractivity contribution in [3.05, 3.63) is 0 Å². The van der Waals surface area contributed by atoms with Gasteiger partial charge in [-0.25, -0.2) is 4.79 Å². The quantitative estimate of drug-likeness (QED) is 0.528. The van der Waals surface area contributed by atoms with Crippen LogP contribution >= 0.6 is 12.2 Å². The molecule has 0 saturated heterocycles. The van der Waals surface area contributed by atoms with E-state index in [9.17, 15) is 4.79 Å². The Morgan fingerprint density at radius 1 is 1.64 bits per heavy atom. The van der Waals surface area contributed by atoms with E-state index in [4.69, 9.17) is 5.73 Å². The Hall–Kier alpha value is -0.840. The van der Waals surface area contributed by atoms with Gasteiger partial charge in [0.15, 0.2) is 0 Å². The largest absolute Gasteiger partial charge is 0.392 e. The summed E-state index contributed by atoms with van der Waals surface area (Å²) in [5, 5.41) is 5.13. The molecule has 4 N–H and O–H groups in total. The van der Waals surface area contributed by atoms with Crippen molar-refractivity contribution in [2.45, 2.75) is 19.9 Å². The van der Waals surface area contributed by atoms with E-state index in [1.165, 1.54) is 0 Å². The van der Waals surface area contributed by atoms with Crippen LogP contribution in [-0.4, -0.2) is 23.6 Å². The number of nitrogens with one attached hydrogen (secondary N) is 2. The van der Waals surface area contributed by atoms with Gasteiger partial charge in [-0.2, -0.15) is 0 Å². The molecule has 0 saturated carbocycles. The van der Waals surface area contributed by atoms with E-state index in [-0.39, 0.29) is 23.6 Å². The average Bonchev–Trinajstić information content (AvgIpc) is 1.82. The molecule has 64 valence electrons. The van der Waals surface area contributed by atoms with Crippen LogP contribution in [0.25, 0.3) is 0 Å².